The van der Waals surface area contributed by atoms with Crippen LogP contribution in [0.5, 0.6) is 11.5 Å². The van der Waals surface area contributed by atoms with Crippen molar-refractivity contribution in [2.75, 3.05) is 38.0 Å². The molecule has 0 aliphatic carbocycles. The summed E-state index contributed by atoms with van der Waals surface area (Å²) in [7, 11) is 0. The van der Waals surface area contributed by atoms with Crippen molar-refractivity contribution in [3.63, 3.8) is 0 Å². The second kappa shape index (κ2) is 10.2. The van der Waals surface area contributed by atoms with Crippen molar-refractivity contribution >= 4 is 17.5 Å². The molecule has 2 amide bonds. The van der Waals surface area contributed by atoms with Crippen LogP contribution in [0.25, 0.3) is 5.69 Å². The second-order valence-electron chi connectivity index (χ2n) is 8.92. The molecule has 3 heterocycles. The van der Waals surface area contributed by atoms with Crippen LogP contribution in [0, 0.1) is 11.3 Å². The number of nitriles is 1. The maximum Gasteiger partial charge on any atom is 0.269 e. The van der Waals surface area contributed by atoms with Gasteiger partial charge in [0.1, 0.15) is 17.2 Å². The fourth-order valence-corrected chi connectivity index (χ4v) is 4.89. The molecule has 0 saturated carbocycles. The van der Waals surface area contributed by atoms with Gasteiger partial charge in [-0.3, -0.25) is 14.5 Å². The average Bonchev–Trinajstić information content (AvgIpc) is 3.33. The Balaban J connectivity index is 1.40. The van der Waals surface area contributed by atoms with Gasteiger partial charge in [-0.2, -0.15) is 10.4 Å². The van der Waals surface area contributed by atoms with Gasteiger partial charge in [0.2, 0.25) is 5.91 Å². The van der Waals surface area contributed by atoms with E-state index in [2.05, 4.69) is 22.9 Å². The molecule has 1 atom stereocenters. The number of ether oxygens (including phenoxy) is 1. The largest absolute Gasteiger partial charge is 0.457 e. The van der Waals surface area contributed by atoms with Gasteiger partial charge in [-0.05, 0) is 55.0 Å². The van der Waals surface area contributed by atoms with E-state index >= 15 is 0 Å². The molecule has 10 nitrogen and oxygen atoms in total. The molecule has 0 unspecified atom stereocenters. The lowest BCUT2D eigenvalue weighted by atomic mass is 10.0. The van der Waals surface area contributed by atoms with E-state index in [4.69, 9.17) is 20.8 Å². The van der Waals surface area contributed by atoms with Gasteiger partial charge in [-0.1, -0.05) is 12.6 Å². The van der Waals surface area contributed by atoms with Crippen LogP contribution in [0.2, 0.25) is 0 Å². The molecule has 0 bridgehead atoms. The van der Waals surface area contributed by atoms with Crippen molar-refractivity contribution < 1.29 is 14.3 Å². The number of hydrogen-bond acceptors (Lipinski definition) is 7. The van der Waals surface area contributed by atoms with Gasteiger partial charge >= 0.3 is 0 Å². The molecule has 1 saturated heterocycles. The van der Waals surface area contributed by atoms with Gasteiger partial charge in [0, 0.05) is 32.7 Å². The van der Waals surface area contributed by atoms with Crippen LogP contribution in [-0.2, 0) is 4.79 Å². The maximum atomic E-state index is 12.5. The minimum atomic E-state index is -0.572. The number of nitrogens with two attached hydrogens (primary N) is 1. The van der Waals surface area contributed by atoms with Gasteiger partial charge in [0.05, 0.1) is 29.0 Å². The van der Waals surface area contributed by atoms with E-state index in [9.17, 15) is 9.59 Å². The minimum Gasteiger partial charge on any atom is -0.457 e. The Kier molecular flexibility index (Phi) is 6.62. The zero-order valence-corrected chi connectivity index (χ0v) is 20.3. The number of rotatable bonds is 6. The van der Waals surface area contributed by atoms with Crippen molar-refractivity contribution in [3.8, 4) is 23.3 Å². The number of anilines is 1. The summed E-state index contributed by atoms with van der Waals surface area (Å²) in [6, 6.07) is 16.2. The molecule has 2 aliphatic heterocycles. The molecule has 1 fully saturated rings. The van der Waals surface area contributed by atoms with E-state index in [0.717, 1.165) is 12.1 Å². The molecule has 1 aromatic heterocycles. The molecule has 5 rings (SSSR count). The number of benzene rings is 2. The number of nitrogens with one attached hydrogen (secondary N) is 1. The third kappa shape index (κ3) is 4.77. The highest BCUT2D eigenvalue weighted by molar-refractivity contribution is 5.98. The fraction of sp³-hybridized carbons (Fsp3) is 0.259. The third-order valence-electron chi connectivity index (χ3n) is 6.70. The number of aromatic nitrogens is 2. The van der Waals surface area contributed by atoms with Crippen LogP contribution in [0.1, 0.15) is 34.2 Å². The monoisotopic (exact) mass is 497 g/mol. The zero-order chi connectivity index (χ0) is 25.9. The third-order valence-corrected chi connectivity index (χ3v) is 6.70. The van der Waals surface area contributed by atoms with Gasteiger partial charge in [0.25, 0.3) is 5.91 Å². The number of amides is 2. The van der Waals surface area contributed by atoms with E-state index in [-0.39, 0.29) is 11.9 Å². The number of nitrogens with zero attached hydrogens (tertiary/aromatic N) is 5. The molecule has 0 spiro atoms. The van der Waals surface area contributed by atoms with Crippen molar-refractivity contribution in [2.45, 2.75) is 12.5 Å². The number of carbonyl (C=O) groups excluding carboxylic acids is 2. The highest BCUT2D eigenvalue weighted by Gasteiger charge is 2.35. The molecule has 10 heteroatoms. The summed E-state index contributed by atoms with van der Waals surface area (Å²) in [5, 5.41) is 17.3. The Morgan fingerprint density at radius 3 is 2.57 bits per heavy atom. The van der Waals surface area contributed by atoms with Gasteiger partial charge in [-0.25, -0.2) is 4.68 Å². The topological polar surface area (TPSA) is 130 Å². The summed E-state index contributed by atoms with van der Waals surface area (Å²) in [5.74, 6) is 0.508. The first kappa shape index (κ1) is 24.1. The number of primary amides is 1. The molecular weight excluding hydrogens is 470 g/mol. The SMILES string of the molecule is C=CC(=O)N1CCN([C@@H]2CCNc3c2nn(-c2ccc(Oc4cccc(C#N)c4)cc2)c3C(N)=O)CC1. The summed E-state index contributed by atoms with van der Waals surface area (Å²) in [6.45, 7) is 6.92. The summed E-state index contributed by atoms with van der Waals surface area (Å²) in [4.78, 5) is 28.6. The second-order valence-corrected chi connectivity index (χ2v) is 8.92. The van der Waals surface area contributed by atoms with Crippen molar-refractivity contribution in [1.29, 1.82) is 5.26 Å². The Morgan fingerprint density at radius 1 is 1.14 bits per heavy atom. The molecular formula is C27H27N7O3. The molecule has 37 heavy (non-hydrogen) atoms. The normalized spacial score (nSPS) is 17.3. The minimum absolute atomic E-state index is 0.00611. The average molecular weight is 498 g/mol. The number of carbonyl (C=O) groups is 2. The zero-order valence-electron chi connectivity index (χ0n) is 20.3. The first-order valence-corrected chi connectivity index (χ1v) is 12.1. The molecule has 3 N–H and O–H groups in total. The molecule has 2 aliphatic rings. The van der Waals surface area contributed by atoms with E-state index in [1.807, 2.05) is 12.1 Å². The Labute approximate surface area is 214 Å². The molecule has 2 aromatic carbocycles. The van der Waals surface area contributed by atoms with Crippen LogP contribution in [-0.4, -0.2) is 64.1 Å². The van der Waals surface area contributed by atoms with Crippen molar-refractivity contribution in [3.05, 3.63) is 78.1 Å². The Hall–Kier alpha value is -4.62. The Bertz CT molecular complexity index is 1380. The van der Waals surface area contributed by atoms with Gasteiger partial charge < -0.3 is 20.7 Å². The lowest BCUT2D eigenvalue weighted by Gasteiger charge is -2.40. The summed E-state index contributed by atoms with van der Waals surface area (Å²) in [6.07, 6.45) is 2.17. The number of fused-ring (bicyclic) bond motifs is 1. The quantitative estimate of drug-likeness (QED) is 0.501. The summed E-state index contributed by atoms with van der Waals surface area (Å²) in [5.41, 5.74) is 8.73. The van der Waals surface area contributed by atoms with Crippen LogP contribution in [0.3, 0.4) is 0 Å². The van der Waals surface area contributed by atoms with Crippen LogP contribution in [0.15, 0.2) is 61.2 Å². The maximum absolute atomic E-state index is 12.5. The highest BCUT2D eigenvalue weighted by Crippen LogP contribution is 2.37. The molecule has 3 aromatic rings. The first-order valence-electron chi connectivity index (χ1n) is 12.1. The number of hydrogen-bond donors (Lipinski definition) is 2. The van der Waals surface area contributed by atoms with E-state index in [1.165, 1.54) is 6.08 Å². The van der Waals surface area contributed by atoms with Crippen molar-refractivity contribution in [2.24, 2.45) is 5.73 Å². The van der Waals surface area contributed by atoms with Crippen molar-refractivity contribution in [1.82, 2.24) is 19.6 Å². The predicted molar refractivity (Wildman–Crippen MR) is 138 cm³/mol. The van der Waals surface area contributed by atoms with E-state index in [0.29, 0.717) is 66.9 Å². The summed E-state index contributed by atoms with van der Waals surface area (Å²) >= 11 is 0. The molecule has 188 valence electrons. The van der Waals surface area contributed by atoms with E-state index < -0.39 is 5.91 Å². The number of piperazine rings is 1. The van der Waals surface area contributed by atoms with Crippen LogP contribution in [0.4, 0.5) is 5.69 Å². The molecule has 0 radical (unpaired) electrons. The fourth-order valence-electron chi connectivity index (χ4n) is 4.89. The van der Waals surface area contributed by atoms with Gasteiger partial charge in [-0.15, -0.1) is 0 Å². The van der Waals surface area contributed by atoms with Gasteiger partial charge in [0.15, 0.2) is 5.69 Å². The summed E-state index contributed by atoms with van der Waals surface area (Å²) < 4.78 is 7.45. The lowest BCUT2D eigenvalue weighted by molar-refractivity contribution is -0.128. The standard InChI is InChI=1S/C27H27N7O3/c1-2-23(35)33-14-12-32(13-15-33)22-10-11-30-25-24(22)31-34(26(25)27(29)36)19-6-8-20(9-7-19)37-21-5-3-4-18(16-21)17-28/h2-9,16,22,30H,1,10-15H2,(H2,29,36)/t22-/m1/s1. The Morgan fingerprint density at radius 2 is 1.89 bits per heavy atom. The predicted octanol–water partition coefficient (Wildman–Crippen LogP) is 2.82. The van der Waals surface area contributed by atoms with Crippen LogP contribution < -0.4 is 15.8 Å². The first-order chi connectivity index (χ1) is 18.0. The van der Waals surface area contributed by atoms with E-state index in [1.54, 1.807) is 46.0 Å². The lowest BCUT2D eigenvalue weighted by Crippen LogP contribution is -2.50. The van der Waals surface area contributed by atoms with Crippen LogP contribution >= 0.6 is 0 Å². The highest BCUT2D eigenvalue weighted by atomic mass is 16.5. The smallest absolute Gasteiger partial charge is 0.269 e.